The molecule has 1 aromatic rings. The number of carbonyl (C=O) groups excluding carboxylic acids is 2. The number of carbonyl (C=O) groups is 2. The lowest BCUT2D eigenvalue weighted by Gasteiger charge is -2.32. The first-order valence-electron chi connectivity index (χ1n) is 6.60. The van der Waals surface area contributed by atoms with Crippen molar-refractivity contribution in [3.8, 4) is 5.88 Å². The Balaban J connectivity index is 1.85. The van der Waals surface area contributed by atoms with E-state index in [2.05, 4.69) is 15.3 Å². The predicted octanol–water partition coefficient (Wildman–Crippen LogP) is -0.0175. The Bertz CT molecular complexity index is 466. The molecule has 2 heterocycles. The van der Waals surface area contributed by atoms with Gasteiger partial charge in [-0.3, -0.25) is 14.6 Å². The Kier molecular flexibility index (Phi) is 4.86. The van der Waals surface area contributed by atoms with Crippen LogP contribution in [0.4, 0.5) is 0 Å². The van der Waals surface area contributed by atoms with Crippen LogP contribution in [0.2, 0.25) is 0 Å². The smallest absolute Gasteiger partial charge is 0.242 e. The van der Waals surface area contributed by atoms with Gasteiger partial charge in [-0.05, 0) is 12.8 Å². The molecule has 1 saturated heterocycles. The number of aromatic nitrogens is 2. The Morgan fingerprint density at radius 1 is 1.50 bits per heavy atom. The molecule has 108 valence electrons. The lowest BCUT2D eigenvalue weighted by atomic mass is 10.1. The minimum absolute atomic E-state index is 0.0349. The average Bonchev–Trinajstić information content (AvgIpc) is 2.46. The van der Waals surface area contributed by atoms with E-state index in [0.717, 1.165) is 12.8 Å². The highest BCUT2D eigenvalue weighted by molar-refractivity contribution is 5.83. The summed E-state index contributed by atoms with van der Waals surface area (Å²) in [5.41, 5.74) is 0. The normalized spacial score (nSPS) is 18.4. The van der Waals surface area contributed by atoms with Gasteiger partial charge in [0.1, 0.15) is 6.10 Å². The van der Waals surface area contributed by atoms with Crippen molar-refractivity contribution in [2.75, 3.05) is 19.6 Å². The number of amides is 2. The first-order valence-corrected chi connectivity index (χ1v) is 6.60. The minimum Gasteiger partial charge on any atom is -0.471 e. The van der Waals surface area contributed by atoms with Gasteiger partial charge in [0.05, 0.1) is 19.3 Å². The molecule has 0 aromatic carbocycles. The second kappa shape index (κ2) is 6.83. The van der Waals surface area contributed by atoms with Crippen LogP contribution in [0.5, 0.6) is 5.88 Å². The van der Waals surface area contributed by atoms with Crippen LogP contribution in [0, 0.1) is 0 Å². The Labute approximate surface area is 117 Å². The largest absolute Gasteiger partial charge is 0.471 e. The van der Waals surface area contributed by atoms with E-state index in [-0.39, 0.29) is 24.5 Å². The van der Waals surface area contributed by atoms with Crippen molar-refractivity contribution in [3.05, 3.63) is 18.6 Å². The van der Waals surface area contributed by atoms with Gasteiger partial charge in [-0.1, -0.05) is 0 Å². The topological polar surface area (TPSA) is 84.4 Å². The van der Waals surface area contributed by atoms with E-state index in [0.29, 0.717) is 19.0 Å². The summed E-state index contributed by atoms with van der Waals surface area (Å²) in [6, 6.07) is 0. The van der Waals surface area contributed by atoms with Gasteiger partial charge >= 0.3 is 0 Å². The predicted molar refractivity (Wildman–Crippen MR) is 70.9 cm³/mol. The van der Waals surface area contributed by atoms with E-state index in [1.54, 1.807) is 23.5 Å². The van der Waals surface area contributed by atoms with Gasteiger partial charge in [0, 0.05) is 25.9 Å². The van der Waals surface area contributed by atoms with Gasteiger partial charge in [-0.2, -0.15) is 0 Å². The molecule has 0 radical (unpaired) electrons. The summed E-state index contributed by atoms with van der Waals surface area (Å²) in [6.07, 6.45) is 6.37. The number of nitrogens with zero attached hydrogens (tertiary/aromatic N) is 3. The summed E-state index contributed by atoms with van der Waals surface area (Å²) >= 11 is 0. The molecule has 0 saturated carbocycles. The number of hydrogen-bond donors (Lipinski definition) is 1. The molecule has 0 aliphatic carbocycles. The number of piperidine rings is 1. The summed E-state index contributed by atoms with van der Waals surface area (Å²) in [5.74, 6) is 0.170. The van der Waals surface area contributed by atoms with Crippen LogP contribution in [-0.4, -0.2) is 52.4 Å². The van der Waals surface area contributed by atoms with Crippen LogP contribution in [-0.2, 0) is 9.59 Å². The summed E-state index contributed by atoms with van der Waals surface area (Å²) in [7, 11) is 0. The Hall–Kier alpha value is -2.18. The Morgan fingerprint density at radius 3 is 3.05 bits per heavy atom. The van der Waals surface area contributed by atoms with Gasteiger partial charge in [0.25, 0.3) is 0 Å². The number of nitrogens with one attached hydrogen (secondary N) is 1. The molecule has 0 bridgehead atoms. The molecule has 1 unspecified atom stereocenters. The molecular weight excluding hydrogens is 260 g/mol. The van der Waals surface area contributed by atoms with Crippen LogP contribution >= 0.6 is 0 Å². The van der Waals surface area contributed by atoms with E-state index >= 15 is 0 Å². The van der Waals surface area contributed by atoms with Crippen LogP contribution < -0.4 is 10.1 Å². The van der Waals surface area contributed by atoms with Gasteiger partial charge in [0.15, 0.2) is 0 Å². The zero-order valence-electron chi connectivity index (χ0n) is 11.4. The monoisotopic (exact) mass is 278 g/mol. The SMILES string of the molecule is CC(=O)NCC(=O)N1CCCC(Oc2cnccn2)C1. The number of ether oxygens (including phenoxy) is 1. The van der Waals surface area contributed by atoms with Crippen molar-refractivity contribution < 1.29 is 14.3 Å². The second-order valence-corrected chi connectivity index (χ2v) is 4.68. The second-order valence-electron chi connectivity index (χ2n) is 4.68. The maximum absolute atomic E-state index is 11.9. The molecule has 1 fully saturated rings. The summed E-state index contributed by atoms with van der Waals surface area (Å²) < 4.78 is 5.71. The molecule has 1 aliphatic rings. The third-order valence-electron chi connectivity index (χ3n) is 3.05. The van der Waals surface area contributed by atoms with Gasteiger partial charge in [-0.25, -0.2) is 4.98 Å². The fraction of sp³-hybridized carbons (Fsp3) is 0.538. The number of rotatable bonds is 4. The molecule has 20 heavy (non-hydrogen) atoms. The molecule has 7 heteroatoms. The highest BCUT2D eigenvalue weighted by atomic mass is 16.5. The van der Waals surface area contributed by atoms with Crippen LogP contribution in [0.1, 0.15) is 19.8 Å². The van der Waals surface area contributed by atoms with E-state index in [4.69, 9.17) is 4.74 Å². The third-order valence-corrected chi connectivity index (χ3v) is 3.05. The highest BCUT2D eigenvalue weighted by Gasteiger charge is 2.25. The van der Waals surface area contributed by atoms with Crippen LogP contribution in [0.15, 0.2) is 18.6 Å². The lowest BCUT2D eigenvalue weighted by molar-refractivity contribution is -0.134. The molecule has 2 rings (SSSR count). The summed E-state index contributed by atoms with van der Waals surface area (Å²) in [5, 5.41) is 2.51. The maximum Gasteiger partial charge on any atom is 0.242 e. The molecule has 1 aliphatic heterocycles. The standard InChI is InChI=1S/C13H18N4O3/c1-10(18)16-8-13(19)17-6-2-3-11(9-17)20-12-7-14-4-5-15-12/h4-5,7,11H,2-3,6,8-9H2,1H3,(H,16,18). The average molecular weight is 278 g/mol. The van der Waals surface area contributed by atoms with Crippen molar-refractivity contribution in [2.45, 2.75) is 25.9 Å². The van der Waals surface area contributed by atoms with Crippen molar-refractivity contribution in [1.82, 2.24) is 20.2 Å². The van der Waals surface area contributed by atoms with E-state index in [9.17, 15) is 9.59 Å². The lowest BCUT2D eigenvalue weighted by Crippen LogP contribution is -2.47. The molecule has 1 aromatic heterocycles. The van der Waals surface area contributed by atoms with Crippen molar-refractivity contribution >= 4 is 11.8 Å². The number of hydrogen-bond acceptors (Lipinski definition) is 5. The van der Waals surface area contributed by atoms with Gasteiger partial charge in [0.2, 0.25) is 17.7 Å². The zero-order chi connectivity index (χ0) is 14.4. The fourth-order valence-corrected chi connectivity index (χ4v) is 2.09. The summed E-state index contributed by atoms with van der Waals surface area (Å²) in [6.45, 7) is 2.63. The first kappa shape index (κ1) is 14.2. The van der Waals surface area contributed by atoms with E-state index in [1.165, 1.54) is 6.92 Å². The maximum atomic E-state index is 11.9. The van der Waals surface area contributed by atoms with Crippen molar-refractivity contribution in [2.24, 2.45) is 0 Å². The molecular formula is C13H18N4O3. The molecule has 0 spiro atoms. The van der Waals surface area contributed by atoms with Crippen molar-refractivity contribution in [3.63, 3.8) is 0 Å². The molecule has 7 nitrogen and oxygen atoms in total. The quantitative estimate of drug-likeness (QED) is 0.837. The van der Waals surface area contributed by atoms with E-state index < -0.39 is 0 Å². The zero-order valence-corrected chi connectivity index (χ0v) is 11.4. The van der Waals surface area contributed by atoms with Gasteiger partial charge in [-0.15, -0.1) is 0 Å². The third kappa shape index (κ3) is 4.18. The Morgan fingerprint density at radius 2 is 2.35 bits per heavy atom. The first-order chi connectivity index (χ1) is 9.65. The van der Waals surface area contributed by atoms with Crippen LogP contribution in [0.25, 0.3) is 0 Å². The van der Waals surface area contributed by atoms with Crippen LogP contribution in [0.3, 0.4) is 0 Å². The molecule has 1 atom stereocenters. The van der Waals surface area contributed by atoms with Gasteiger partial charge < -0.3 is 15.0 Å². The molecule has 2 amide bonds. The number of likely N-dealkylation sites (tertiary alicyclic amines) is 1. The molecule has 1 N–H and O–H groups in total. The fourth-order valence-electron chi connectivity index (χ4n) is 2.09. The van der Waals surface area contributed by atoms with Crippen molar-refractivity contribution in [1.29, 1.82) is 0 Å². The van der Waals surface area contributed by atoms with E-state index in [1.807, 2.05) is 0 Å². The minimum atomic E-state index is -0.206. The summed E-state index contributed by atoms with van der Waals surface area (Å²) in [4.78, 5) is 32.4. The highest BCUT2D eigenvalue weighted by Crippen LogP contribution is 2.15.